The average molecular weight is 387 g/mol. The fourth-order valence-corrected chi connectivity index (χ4v) is 2.44. The Morgan fingerprint density at radius 1 is 0.833 bits per heavy atom. The third-order valence-electron chi connectivity index (χ3n) is 3.70. The molecular weight excluding hydrogens is 369 g/mol. The maximum Gasteiger partial charge on any atom is 0.227 e. The van der Waals surface area contributed by atoms with E-state index in [4.69, 9.17) is 0 Å². The third kappa shape index (κ3) is 4.83. The van der Waals surface area contributed by atoms with E-state index < -0.39 is 0 Å². The SMILES string of the molecule is Br.O=C(C[n+]1ccc(Cc2ccccc2)cc1)c1ccc(F)cc1. The minimum absolute atomic E-state index is 0. The molecule has 0 bridgehead atoms. The number of ketones is 1. The van der Waals surface area contributed by atoms with Gasteiger partial charge in [0.2, 0.25) is 12.3 Å². The molecule has 3 aromatic rings. The summed E-state index contributed by atoms with van der Waals surface area (Å²) in [5.41, 5.74) is 2.97. The van der Waals surface area contributed by atoms with E-state index in [1.54, 1.807) is 0 Å². The Hall–Kier alpha value is -2.33. The second kappa shape index (κ2) is 8.50. The van der Waals surface area contributed by atoms with Crippen LogP contribution >= 0.6 is 17.0 Å². The Labute approximate surface area is 151 Å². The Balaban J connectivity index is 0.00000208. The highest BCUT2D eigenvalue weighted by Crippen LogP contribution is 2.08. The largest absolute Gasteiger partial charge is 0.287 e. The molecule has 2 aromatic carbocycles. The van der Waals surface area contributed by atoms with E-state index in [9.17, 15) is 9.18 Å². The summed E-state index contributed by atoms with van der Waals surface area (Å²) in [6.07, 6.45) is 4.67. The maximum absolute atomic E-state index is 12.9. The molecule has 24 heavy (non-hydrogen) atoms. The monoisotopic (exact) mass is 386 g/mol. The fourth-order valence-electron chi connectivity index (χ4n) is 2.44. The van der Waals surface area contributed by atoms with Crippen LogP contribution < -0.4 is 4.57 Å². The van der Waals surface area contributed by atoms with E-state index in [2.05, 4.69) is 12.1 Å². The van der Waals surface area contributed by atoms with Gasteiger partial charge in [-0.25, -0.2) is 4.39 Å². The lowest BCUT2D eigenvalue weighted by molar-refractivity contribution is -0.683. The van der Waals surface area contributed by atoms with Crippen molar-refractivity contribution in [2.75, 3.05) is 0 Å². The lowest BCUT2D eigenvalue weighted by atomic mass is 10.1. The number of carbonyl (C=O) groups excluding carboxylic acids is 1. The molecule has 0 aliphatic heterocycles. The summed E-state index contributed by atoms with van der Waals surface area (Å²) >= 11 is 0. The number of Topliss-reactive ketones (excluding diaryl/α,β-unsaturated/α-hetero) is 1. The Morgan fingerprint density at radius 2 is 1.42 bits per heavy atom. The molecule has 122 valence electrons. The summed E-state index contributed by atoms with van der Waals surface area (Å²) < 4.78 is 14.7. The van der Waals surface area contributed by atoms with E-state index in [0.717, 1.165) is 6.42 Å². The van der Waals surface area contributed by atoms with Gasteiger partial charge in [0.1, 0.15) is 5.82 Å². The molecule has 4 heteroatoms. The van der Waals surface area contributed by atoms with E-state index in [1.807, 2.05) is 47.3 Å². The van der Waals surface area contributed by atoms with Crippen LogP contribution in [0.5, 0.6) is 0 Å². The minimum atomic E-state index is -0.334. The standard InChI is InChI=1S/C20H17FNO.BrH/c21-19-8-6-18(7-9-19)20(23)15-22-12-10-17(11-13-22)14-16-4-2-1-3-5-16;/h1-13H,14-15H2;1H/q+1;. The number of benzene rings is 2. The van der Waals surface area contributed by atoms with Crippen molar-refractivity contribution in [1.82, 2.24) is 0 Å². The molecule has 0 radical (unpaired) electrons. The van der Waals surface area contributed by atoms with Gasteiger partial charge in [-0.1, -0.05) is 30.3 Å². The van der Waals surface area contributed by atoms with Crippen LogP contribution in [0.2, 0.25) is 0 Å². The quantitative estimate of drug-likeness (QED) is 0.476. The molecule has 0 spiro atoms. The predicted octanol–water partition coefficient (Wildman–Crippen LogP) is 4.16. The van der Waals surface area contributed by atoms with Crippen LogP contribution in [0, 0.1) is 5.82 Å². The molecule has 1 heterocycles. The van der Waals surface area contributed by atoms with Gasteiger partial charge in [0.25, 0.3) is 0 Å². The molecule has 1 aromatic heterocycles. The summed E-state index contributed by atoms with van der Waals surface area (Å²) in [7, 11) is 0. The van der Waals surface area contributed by atoms with Crippen LogP contribution in [0.1, 0.15) is 21.5 Å². The first-order valence-corrected chi connectivity index (χ1v) is 7.51. The Bertz CT molecular complexity index is 786. The van der Waals surface area contributed by atoms with Crippen molar-refractivity contribution in [2.24, 2.45) is 0 Å². The number of aromatic nitrogens is 1. The highest BCUT2D eigenvalue weighted by Gasteiger charge is 2.12. The summed E-state index contributed by atoms with van der Waals surface area (Å²) in [5.74, 6) is -0.370. The smallest absolute Gasteiger partial charge is 0.227 e. The van der Waals surface area contributed by atoms with Gasteiger partial charge in [-0.3, -0.25) is 4.79 Å². The molecule has 0 aliphatic carbocycles. The van der Waals surface area contributed by atoms with Crippen LogP contribution in [0.3, 0.4) is 0 Å². The van der Waals surface area contributed by atoms with Crippen LogP contribution in [-0.2, 0) is 13.0 Å². The van der Waals surface area contributed by atoms with Gasteiger partial charge in [0.05, 0.1) is 0 Å². The molecule has 0 aliphatic rings. The van der Waals surface area contributed by atoms with Crippen molar-refractivity contribution in [3.8, 4) is 0 Å². The number of rotatable bonds is 5. The van der Waals surface area contributed by atoms with Crippen LogP contribution in [0.15, 0.2) is 79.1 Å². The summed E-state index contributed by atoms with van der Waals surface area (Å²) in [4.78, 5) is 12.2. The minimum Gasteiger partial charge on any atom is -0.287 e. The lowest BCUT2D eigenvalue weighted by Crippen LogP contribution is -2.37. The van der Waals surface area contributed by atoms with Gasteiger partial charge in [0.15, 0.2) is 12.4 Å². The molecule has 0 amide bonds. The van der Waals surface area contributed by atoms with Gasteiger partial charge in [-0.15, -0.1) is 17.0 Å². The summed E-state index contributed by atoms with van der Waals surface area (Å²) in [6.45, 7) is 0.247. The number of nitrogens with zero attached hydrogens (tertiary/aromatic N) is 1. The fraction of sp³-hybridized carbons (Fsp3) is 0.100. The second-order valence-corrected chi connectivity index (χ2v) is 5.47. The van der Waals surface area contributed by atoms with Crippen LogP contribution in [0.4, 0.5) is 4.39 Å². The van der Waals surface area contributed by atoms with Crippen LogP contribution in [0.25, 0.3) is 0 Å². The Morgan fingerprint density at radius 3 is 2.04 bits per heavy atom. The zero-order valence-electron chi connectivity index (χ0n) is 13.1. The topological polar surface area (TPSA) is 20.9 Å². The van der Waals surface area contributed by atoms with Crippen LogP contribution in [-0.4, -0.2) is 5.78 Å². The van der Waals surface area contributed by atoms with Gasteiger partial charge in [-0.05, 0) is 41.8 Å². The van der Waals surface area contributed by atoms with Gasteiger partial charge in [-0.2, -0.15) is 4.57 Å². The lowest BCUT2D eigenvalue weighted by Gasteiger charge is -2.02. The first-order chi connectivity index (χ1) is 11.2. The third-order valence-corrected chi connectivity index (χ3v) is 3.70. The van der Waals surface area contributed by atoms with E-state index in [-0.39, 0.29) is 35.1 Å². The van der Waals surface area contributed by atoms with Crippen molar-refractivity contribution in [3.63, 3.8) is 0 Å². The molecule has 0 saturated heterocycles. The van der Waals surface area contributed by atoms with Crippen molar-refractivity contribution in [1.29, 1.82) is 0 Å². The molecule has 2 nitrogen and oxygen atoms in total. The Kier molecular flexibility index (Phi) is 6.38. The van der Waals surface area contributed by atoms with Crippen molar-refractivity contribution >= 4 is 22.8 Å². The first-order valence-electron chi connectivity index (χ1n) is 7.51. The molecule has 0 fully saturated rings. The maximum atomic E-state index is 12.9. The van der Waals surface area contributed by atoms with Gasteiger partial charge < -0.3 is 0 Å². The van der Waals surface area contributed by atoms with Crippen molar-refractivity contribution < 1.29 is 13.8 Å². The normalized spacial score (nSPS) is 10.0. The van der Waals surface area contributed by atoms with E-state index in [1.165, 1.54) is 35.4 Å². The molecule has 0 N–H and O–H groups in total. The number of halogens is 2. The number of hydrogen-bond acceptors (Lipinski definition) is 1. The number of hydrogen-bond donors (Lipinski definition) is 0. The number of carbonyl (C=O) groups is 1. The summed E-state index contributed by atoms with van der Waals surface area (Å²) in [6, 6.07) is 19.9. The molecule has 0 unspecified atom stereocenters. The summed E-state index contributed by atoms with van der Waals surface area (Å²) in [5, 5.41) is 0. The highest BCUT2D eigenvalue weighted by atomic mass is 79.9. The molecule has 0 atom stereocenters. The predicted molar refractivity (Wildman–Crippen MR) is 96.9 cm³/mol. The average Bonchev–Trinajstić information content (AvgIpc) is 2.58. The zero-order valence-corrected chi connectivity index (χ0v) is 14.8. The van der Waals surface area contributed by atoms with Crippen molar-refractivity contribution in [2.45, 2.75) is 13.0 Å². The van der Waals surface area contributed by atoms with E-state index in [0.29, 0.717) is 5.56 Å². The first kappa shape index (κ1) is 18.0. The second-order valence-electron chi connectivity index (χ2n) is 5.47. The zero-order chi connectivity index (χ0) is 16.1. The molecule has 0 saturated carbocycles. The van der Waals surface area contributed by atoms with Gasteiger partial charge >= 0.3 is 0 Å². The molecular formula is C20H18BrFNO+. The molecule has 3 rings (SSSR count). The van der Waals surface area contributed by atoms with E-state index >= 15 is 0 Å². The highest BCUT2D eigenvalue weighted by molar-refractivity contribution is 8.93. The van der Waals surface area contributed by atoms with Gasteiger partial charge in [0, 0.05) is 17.7 Å². The number of pyridine rings is 1. The van der Waals surface area contributed by atoms with Crippen molar-refractivity contribution in [3.05, 3.63) is 102 Å².